The Morgan fingerprint density at radius 2 is 1.44 bits per heavy atom. The van der Waals surface area contributed by atoms with Crippen molar-refractivity contribution in [1.82, 2.24) is 0 Å². The molecule has 0 radical (unpaired) electrons. The summed E-state index contributed by atoms with van der Waals surface area (Å²) in [6.07, 6.45) is 3.80. The van der Waals surface area contributed by atoms with Crippen LogP contribution in [0.4, 0.5) is 0 Å². The van der Waals surface area contributed by atoms with Crippen molar-refractivity contribution in [2.75, 3.05) is 0 Å². The van der Waals surface area contributed by atoms with Crippen molar-refractivity contribution in [2.45, 2.75) is 52.6 Å². The number of rotatable bonds is 6. The summed E-state index contributed by atoms with van der Waals surface area (Å²) in [4.78, 5) is 0. The van der Waals surface area contributed by atoms with Gasteiger partial charge < -0.3 is 5.11 Å². The Balaban J connectivity index is 2.58. The van der Waals surface area contributed by atoms with Gasteiger partial charge in [0.2, 0.25) is 0 Å². The lowest BCUT2D eigenvalue weighted by atomic mass is 9.91. The standard InChI is InChI=1S/C15H24O/c1-4-12-7-9-13(10-8-12)11-15(16)14(5-2)6-3/h7-10,14-16H,4-6,11H2,1-3H3. The molecule has 1 N–H and O–H groups in total. The maximum atomic E-state index is 10.1. The highest BCUT2D eigenvalue weighted by molar-refractivity contribution is 5.23. The molecule has 1 rings (SSSR count). The van der Waals surface area contributed by atoms with E-state index in [1.807, 2.05) is 0 Å². The summed E-state index contributed by atoms with van der Waals surface area (Å²) >= 11 is 0. The molecule has 0 fully saturated rings. The molecule has 0 spiro atoms. The first-order valence-electron chi connectivity index (χ1n) is 6.47. The van der Waals surface area contributed by atoms with E-state index in [0.29, 0.717) is 5.92 Å². The van der Waals surface area contributed by atoms with Gasteiger partial charge >= 0.3 is 0 Å². The minimum Gasteiger partial charge on any atom is -0.392 e. The van der Waals surface area contributed by atoms with E-state index < -0.39 is 0 Å². The van der Waals surface area contributed by atoms with Crippen LogP contribution < -0.4 is 0 Å². The molecule has 1 unspecified atom stereocenters. The largest absolute Gasteiger partial charge is 0.392 e. The summed E-state index contributed by atoms with van der Waals surface area (Å²) in [5.41, 5.74) is 2.61. The van der Waals surface area contributed by atoms with E-state index in [-0.39, 0.29) is 6.10 Å². The maximum Gasteiger partial charge on any atom is 0.0608 e. The highest BCUT2D eigenvalue weighted by Gasteiger charge is 2.15. The predicted octanol–water partition coefficient (Wildman–Crippen LogP) is 3.59. The normalized spacial score (nSPS) is 13.1. The van der Waals surface area contributed by atoms with Crippen LogP contribution in [-0.4, -0.2) is 11.2 Å². The number of benzene rings is 1. The summed E-state index contributed by atoms with van der Waals surface area (Å²) in [6.45, 7) is 6.46. The molecule has 0 saturated carbocycles. The summed E-state index contributed by atoms with van der Waals surface area (Å²) in [5.74, 6) is 0.436. The van der Waals surface area contributed by atoms with E-state index in [9.17, 15) is 5.11 Å². The molecule has 0 saturated heterocycles. The zero-order chi connectivity index (χ0) is 12.0. The molecule has 1 nitrogen and oxygen atoms in total. The molecule has 0 aromatic heterocycles. The van der Waals surface area contributed by atoms with Crippen LogP contribution in [0.25, 0.3) is 0 Å². The average Bonchev–Trinajstić information content (AvgIpc) is 2.31. The maximum absolute atomic E-state index is 10.1. The zero-order valence-corrected chi connectivity index (χ0v) is 10.7. The van der Waals surface area contributed by atoms with Crippen LogP contribution in [-0.2, 0) is 12.8 Å². The average molecular weight is 220 g/mol. The summed E-state index contributed by atoms with van der Waals surface area (Å²) < 4.78 is 0. The van der Waals surface area contributed by atoms with Crippen LogP contribution in [0.2, 0.25) is 0 Å². The molecule has 1 heteroatoms. The van der Waals surface area contributed by atoms with Crippen molar-refractivity contribution >= 4 is 0 Å². The number of aliphatic hydroxyl groups excluding tert-OH is 1. The van der Waals surface area contributed by atoms with Crippen molar-refractivity contribution in [1.29, 1.82) is 0 Å². The van der Waals surface area contributed by atoms with E-state index in [0.717, 1.165) is 25.7 Å². The Morgan fingerprint density at radius 1 is 0.938 bits per heavy atom. The molecule has 90 valence electrons. The van der Waals surface area contributed by atoms with Crippen LogP contribution in [0.15, 0.2) is 24.3 Å². The van der Waals surface area contributed by atoms with E-state index >= 15 is 0 Å². The first-order chi connectivity index (χ1) is 7.71. The fourth-order valence-electron chi connectivity index (χ4n) is 2.15. The predicted molar refractivity (Wildman–Crippen MR) is 69.6 cm³/mol. The smallest absolute Gasteiger partial charge is 0.0608 e. The van der Waals surface area contributed by atoms with Gasteiger partial charge in [-0.05, 0) is 29.9 Å². The Morgan fingerprint density at radius 3 is 1.88 bits per heavy atom. The lowest BCUT2D eigenvalue weighted by molar-refractivity contribution is 0.103. The molecule has 16 heavy (non-hydrogen) atoms. The lowest BCUT2D eigenvalue weighted by Gasteiger charge is -2.20. The van der Waals surface area contributed by atoms with Gasteiger partial charge in [-0.1, -0.05) is 57.9 Å². The first kappa shape index (κ1) is 13.2. The van der Waals surface area contributed by atoms with E-state index in [1.165, 1.54) is 11.1 Å². The number of aliphatic hydroxyl groups is 1. The molecule has 0 aliphatic rings. The molecular formula is C15H24O. The highest BCUT2D eigenvalue weighted by Crippen LogP contribution is 2.17. The van der Waals surface area contributed by atoms with Gasteiger partial charge in [0.25, 0.3) is 0 Å². The van der Waals surface area contributed by atoms with Crippen LogP contribution in [0, 0.1) is 5.92 Å². The number of hydrogen-bond donors (Lipinski definition) is 1. The Labute approximate surface area is 99.5 Å². The second-order valence-electron chi connectivity index (χ2n) is 4.52. The molecule has 0 heterocycles. The van der Waals surface area contributed by atoms with Gasteiger partial charge in [-0.2, -0.15) is 0 Å². The monoisotopic (exact) mass is 220 g/mol. The van der Waals surface area contributed by atoms with Crippen LogP contribution in [0.3, 0.4) is 0 Å². The molecule has 0 aliphatic heterocycles. The van der Waals surface area contributed by atoms with E-state index in [4.69, 9.17) is 0 Å². The van der Waals surface area contributed by atoms with Crippen molar-refractivity contribution < 1.29 is 5.11 Å². The fraction of sp³-hybridized carbons (Fsp3) is 0.600. The molecule has 1 aromatic carbocycles. The minimum absolute atomic E-state index is 0.192. The summed E-state index contributed by atoms with van der Waals surface area (Å²) in [7, 11) is 0. The van der Waals surface area contributed by atoms with Crippen molar-refractivity contribution in [3.63, 3.8) is 0 Å². The SMILES string of the molecule is CCc1ccc(CC(O)C(CC)CC)cc1. The molecule has 0 aliphatic carbocycles. The van der Waals surface area contributed by atoms with Gasteiger partial charge in [0, 0.05) is 0 Å². The second-order valence-corrected chi connectivity index (χ2v) is 4.52. The van der Waals surface area contributed by atoms with Crippen LogP contribution >= 0.6 is 0 Å². The first-order valence-corrected chi connectivity index (χ1v) is 6.47. The van der Waals surface area contributed by atoms with Crippen molar-refractivity contribution in [2.24, 2.45) is 5.92 Å². The molecular weight excluding hydrogens is 196 g/mol. The van der Waals surface area contributed by atoms with Crippen molar-refractivity contribution in [3.05, 3.63) is 35.4 Å². The van der Waals surface area contributed by atoms with Crippen LogP contribution in [0.5, 0.6) is 0 Å². The number of aryl methyl sites for hydroxylation is 1. The summed E-state index contributed by atoms with van der Waals surface area (Å²) in [5, 5.41) is 10.1. The zero-order valence-electron chi connectivity index (χ0n) is 10.7. The third kappa shape index (κ3) is 3.64. The quantitative estimate of drug-likeness (QED) is 0.776. The topological polar surface area (TPSA) is 20.2 Å². The Hall–Kier alpha value is -0.820. The fourth-order valence-corrected chi connectivity index (χ4v) is 2.15. The summed E-state index contributed by atoms with van der Waals surface area (Å²) in [6, 6.07) is 8.61. The van der Waals surface area contributed by atoms with Gasteiger partial charge in [-0.3, -0.25) is 0 Å². The van der Waals surface area contributed by atoms with Crippen LogP contribution in [0.1, 0.15) is 44.7 Å². The highest BCUT2D eigenvalue weighted by atomic mass is 16.3. The van der Waals surface area contributed by atoms with Gasteiger partial charge in [0.1, 0.15) is 0 Å². The second kappa shape index (κ2) is 6.70. The third-order valence-corrected chi connectivity index (χ3v) is 3.47. The Kier molecular flexibility index (Phi) is 5.54. The lowest BCUT2D eigenvalue weighted by Crippen LogP contribution is -2.21. The van der Waals surface area contributed by atoms with Gasteiger partial charge in [-0.15, -0.1) is 0 Å². The van der Waals surface area contributed by atoms with Gasteiger partial charge in [0.05, 0.1) is 6.10 Å². The van der Waals surface area contributed by atoms with Crippen molar-refractivity contribution in [3.8, 4) is 0 Å². The van der Waals surface area contributed by atoms with Gasteiger partial charge in [0.15, 0.2) is 0 Å². The van der Waals surface area contributed by atoms with Gasteiger partial charge in [-0.25, -0.2) is 0 Å². The molecule has 1 atom stereocenters. The third-order valence-electron chi connectivity index (χ3n) is 3.47. The molecule has 1 aromatic rings. The molecule has 0 bridgehead atoms. The minimum atomic E-state index is -0.192. The number of hydrogen-bond acceptors (Lipinski definition) is 1. The van der Waals surface area contributed by atoms with E-state index in [2.05, 4.69) is 45.0 Å². The Bertz CT molecular complexity index is 285. The molecule has 0 amide bonds. The van der Waals surface area contributed by atoms with E-state index in [1.54, 1.807) is 0 Å².